The molecule has 17 atom stereocenters. The van der Waals surface area contributed by atoms with Crippen LogP contribution in [-0.4, -0.2) is 215 Å². The van der Waals surface area contributed by atoms with Crippen molar-refractivity contribution < 1.29 is 101 Å². The van der Waals surface area contributed by atoms with E-state index >= 15 is 0 Å². The number of aromatic nitrogens is 2. The van der Waals surface area contributed by atoms with Crippen molar-refractivity contribution in [2.45, 2.75) is 228 Å². The first-order valence-electron chi connectivity index (χ1n) is 28.3. The van der Waals surface area contributed by atoms with Crippen LogP contribution in [0.15, 0.2) is 21.9 Å². The van der Waals surface area contributed by atoms with Gasteiger partial charge in [-0.2, -0.15) is 0 Å². The average Bonchev–Trinajstić information content (AvgIpc) is 4.12. The molecule has 1 aromatic rings. The van der Waals surface area contributed by atoms with Crippen molar-refractivity contribution in [3.05, 3.63) is 33.1 Å². The van der Waals surface area contributed by atoms with Crippen LogP contribution in [-0.2, 0) is 80.9 Å². The lowest BCUT2D eigenvalue weighted by atomic mass is 9.96. The molecular weight excluding hydrogens is 1090 g/mol. The number of aliphatic hydroxyl groups is 2. The molecule has 1 aromatic heterocycles. The van der Waals surface area contributed by atoms with Gasteiger partial charge in [-0.15, -0.1) is 0 Å². The van der Waals surface area contributed by atoms with Crippen molar-refractivity contribution in [3.63, 3.8) is 0 Å². The van der Waals surface area contributed by atoms with Crippen molar-refractivity contribution in [2.75, 3.05) is 41.4 Å². The van der Waals surface area contributed by atoms with Crippen molar-refractivity contribution in [1.29, 1.82) is 0 Å². The number of methoxy groups -OCH3 is 2. The number of H-pyrrole nitrogens is 1. The zero-order chi connectivity index (χ0) is 60.4. The summed E-state index contributed by atoms with van der Waals surface area (Å²) >= 11 is 0. The lowest BCUT2D eigenvalue weighted by Crippen LogP contribution is -2.61. The minimum Gasteiger partial charge on any atom is -0.481 e. The van der Waals surface area contributed by atoms with Gasteiger partial charge in [0.2, 0.25) is 12.2 Å². The fraction of sp³-hybridized carbons (Fsp3) is 0.796. The molecule has 0 aromatic carbocycles. The Morgan fingerprint density at radius 3 is 2.04 bits per heavy atom. The smallest absolute Gasteiger partial charge is 0.330 e. The molecule has 0 unspecified atom stereocenters. The van der Waals surface area contributed by atoms with Crippen molar-refractivity contribution in [3.8, 4) is 0 Å². The molecule has 0 radical (unpaired) electrons. The fourth-order valence-corrected chi connectivity index (χ4v) is 10.9. The van der Waals surface area contributed by atoms with Crippen LogP contribution in [0.2, 0.25) is 0 Å². The molecule has 0 bridgehead atoms. The van der Waals surface area contributed by atoms with Crippen molar-refractivity contribution >= 4 is 41.7 Å². The maximum absolute atomic E-state index is 14.7. The highest BCUT2D eigenvalue weighted by Gasteiger charge is 2.54. The number of carboxylic acids is 2. The topological polar surface area (TPSA) is 380 Å². The maximum atomic E-state index is 14.7. The number of hydrogen-bond acceptors (Lipinski definition) is 23. The molecule has 7 N–H and O–H groups in total. The highest BCUT2D eigenvalue weighted by Crippen LogP contribution is 2.37. The van der Waals surface area contributed by atoms with E-state index in [0.717, 1.165) is 60.5 Å². The molecule has 4 aliphatic rings. The lowest BCUT2D eigenvalue weighted by molar-refractivity contribution is -0.299. The summed E-state index contributed by atoms with van der Waals surface area (Å²) in [7, 11) is 5.29. The molecule has 28 heteroatoms. The summed E-state index contributed by atoms with van der Waals surface area (Å²) in [6, 6.07) is -2.19. The second-order valence-electron chi connectivity index (χ2n) is 21.5. The Labute approximate surface area is 475 Å². The predicted octanol–water partition coefficient (Wildman–Crippen LogP) is 0.876. The SMILES string of the molecule is CCCCCCCCCC[C@@H](CC(=O)O[C@@H]1CN(C)[C@H]([C@@H](O[C@H]2C[C@H](O)[C@@H](CN)O2)[C@H]2O[C@@H](n3ccc(=O)[nH]c3=O)C[C@@H]2O)C(=O)N(C)[C@@H]1C(=O)O)OC(=O)C[C@@H](C)CC(=O)O[C@@H]1O[C@@H](CC)[C@H](OC)[C@H](OC(=O)CCC(=O)O)[C@H]1OC. The van der Waals surface area contributed by atoms with Crippen LogP contribution in [0.3, 0.4) is 0 Å². The third kappa shape index (κ3) is 18.8. The Balaban J connectivity index is 1.30. The number of nitrogens with zero attached hydrogens (tertiary/aromatic N) is 3. The average molecular weight is 1170 g/mol. The number of aliphatic carboxylic acids is 2. The summed E-state index contributed by atoms with van der Waals surface area (Å²) in [5.74, 6) is -7.65. The number of nitrogens with one attached hydrogen (secondary N) is 1. The Morgan fingerprint density at radius 2 is 1.43 bits per heavy atom. The number of aromatic amines is 1. The van der Waals surface area contributed by atoms with Gasteiger partial charge in [-0.1, -0.05) is 65.7 Å². The van der Waals surface area contributed by atoms with E-state index < -0.39 is 183 Å². The molecule has 0 spiro atoms. The number of nitrogens with two attached hydrogens (primary N) is 1. The van der Waals surface area contributed by atoms with E-state index in [1.54, 1.807) is 13.8 Å². The summed E-state index contributed by atoms with van der Waals surface area (Å²) in [5.41, 5.74) is 4.29. The summed E-state index contributed by atoms with van der Waals surface area (Å²) in [4.78, 5) is 122. The highest BCUT2D eigenvalue weighted by molar-refractivity contribution is 5.89. The maximum Gasteiger partial charge on any atom is 0.330 e. The number of carboxylic acid groups (broad SMARTS) is 2. The molecule has 1 amide bonds. The van der Waals surface area contributed by atoms with E-state index in [-0.39, 0.29) is 38.6 Å². The molecule has 4 aliphatic heterocycles. The molecule has 0 saturated carbocycles. The Bertz CT molecular complexity index is 2390. The van der Waals surface area contributed by atoms with Gasteiger partial charge >= 0.3 is 41.5 Å². The Kier molecular flexibility index (Phi) is 26.8. The van der Waals surface area contributed by atoms with E-state index in [1.807, 2.05) is 0 Å². The zero-order valence-corrected chi connectivity index (χ0v) is 47.9. The first kappa shape index (κ1) is 67.4. The number of hydrogen-bond donors (Lipinski definition) is 6. The van der Waals surface area contributed by atoms with Gasteiger partial charge in [0.1, 0.15) is 42.8 Å². The quantitative estimate of drug-likeness (QED) is 0.0331. The second-order valence-corrected chi connectivity index (χ2v) is 21.5. The summed E-state index contributed by atoms with van der Waals surface area (Å²) in [6.45, 7) is 5.00. The van der Waals surface area contributed by atoms with Gasteiger partial charge in [-0.05, 0) is 32.2 Å². The number of likely N-dealkylation sites (N-methyl/N-ethyl adjacent to an activating group) is 2. The molecule has 28 nitrogen and oxygen atoms in total. The second kappa shape index (κ2) is 32.6. The molecule has 0 aliphatic carbocycles. The third-order valence-corrected chi connectivity index (χ3v) is 15.2. The molecule has 5 heterocycles. The fourth-order valence-electron chi connectivity index (χ4n) is 10.9. The van der Waals surface area contributed by atoms with Gasteiger partial charge in [-0.25, -0.2) is 9.59 Å². The van der Waals surface area contributed by atoms with Crippen molar-refractivity contribution in [2.24, 2.45) is 11.7 Å². The predicted molar refractivity (Wildman–Crippen MR) is 283 cm³/mol. The molecule has 5 rings (SSSR count). The van der Waals surface area contributed by atoms with E-state index in [1.165, 1.54) is 39.4 Å². The molecule has 82 heavy (non-hydrogen) atoms. The van der Waals surface area contributed by atoms with Crippen LogP contribution in [0.25, 0.3) is 0 Å². The van der Waals surface area contributed by atoms with Crippen LogP contribution in [0.5, 0.6) is 0 Å². The van der Waals surface area contributed by atoms with Crippen LogP contribution >= 0.6 is 0 Å². The Hall–Kier alpha value is -5.43. The number of amides is 1. The van der Waals surface area contributed by atoms with Gasteiger partial charge < -0.3 is 78.4 Å². The minimum atomic E-state index is -1.79. The van der Waals surface area contributed by atoms with Gasteiger partial charge in [-0.3, -0.25) is 48.0 Å². The zero-order valence-electron chi connectivity index (χ0n) is 47.9. The largest absolute Gasteiger partial charge is 0.481 e. The number of aliphatic hydroxyl groups excluding tert-OH is 2. The van der Waals surface area contributed by atoms with E-state index in [4.69, 9.17) is 58.2 Å². The van der Waals surface area contributed by atoms with Crippen LogP contribution in [0, 0.1) is 5.92 Å². The molecule has 464 valence electrons. The summed E-state index contributed by atoms with van der Waals surface area (Å²) in [5, 5.41) is 41.9. The van der Waals surface area contributed by atoms with Gasteiger partial charge in [0.15, 0.2) is 24.5 Å². The minimum absolute atomic E-state index is 0.0902. The van der Waals surface area contributed by atoms with Gasteiger partial charge in [0.05, 0.1) is 43.7 Å². The van der Waals surface area contributed by atoms with Crippen LogP contribution in [0.1, 0.15) is 136 Å². The van der Waals surface area contributed by atoms with Crippen LogP contribution < -0.4 is 17.0 Å². The molecular formula is C54H85N5O23. The monoisotopic (exact) mass is 1170 g/mol. The van der Waals surface area contributed by atoms with Gasteiger partial charge in [0.25, 0.3) is 5.56 Å². The van der Waals surface area contributed by atoms with Gasteiger partial charge in [0, 0.05) is 72.3 Å². The summed E-state index contributed by atoms with van der Waals surface area (Å²) < 4.78 is 59.8. The summed E-state index contributed by atoms with van der Waals surface area (Å²) in [6.07, 6.45) is -9.69. The number of rotatable bonds is 32. The number of esters is 4. The van der Waals surface area contributed by atoms with Crippen molar-refractivity contribution in [1.82, 2.24) is 19.4 Å². The van der Waals surface area contributed by atoms with E-state index in [2.05, 4.69) is 11.9 Å². The standard InChI is InChI=1S/C54H85N5O23/c1-8-10-11-12-13-14-15-16-17-30(75-40(66)22-29(3)23-41(67)81-53-50(74-7)49(47(73-6)33(9-2)78-53)80-39(65)19-18-38(63)64)24-42(68)76-35-28-57(4)45(51(69)58(5)44(35)52(70)71)48(82-43-26-31(60)34(27-55)77-43)46-32(61)25-37(79-46)59-21-20-36(62)56-54(59)72/h20-21,29-35,37,43-50,53,60-61H,8-19,22-28,55H2,1-7H3,(H,63,64)(H,70,71)(H,56,62,72)/t29-,30+,31+,32+,33+,34-,35-,37-,43+,44+,45-,46+,47+,48-,49+,50-,53+/m1/s1. The lowest BCUT2D eigenvalue weighted by Gasteiger charge is -2.44. The van der Waals surface area contributed by atoms with E-state index in [0.29, 0.717) is 12.8 Å². The number of carbonyl (C=O) groups excluding carboxylic acids is 5. The Morgan fingerprint density at radius 1 is 0.768 bits per heavy atom. The highest BCUT2D eigenvalue weighted by atomic mass is 16.7. The molecule has 4 saturated heterocycles. The number of unbranched alkanes of at least 4 members (excludes halogenated alkanes) is 7. The van der Waals surface area contributed by atoms with Crippen LogP contribution in [0.4, 0.5) is 0 Å². The molecule has 4 fully saturated rings. The first-order valence-corrected chi connectivity index (χ1v) is 28.3. The normalized spacial score (nSPS) is 29.8. The number of carbonyl (C=O) groups is 7. The first-order chi connectivity index (χ1) is 39.0. The van der Waals surface area contributed by atoms with E-state index in [9.17, 15) is 58.5 Å². The third-order valence-electron chi connectivity index (χ3n) is 15.2. The number of ether oxygens (including phenoxy) is 10.